The van der Waals surface area contributed by atoms with Crippen molar-refractivity contribution in [1.29, 1.82) is 0 Å². The molecule has 1 spiro atoms. The van der Waals surface area contributed by atoms with Gasteiger partial charge in [-0.3, -0.25) is 4.79 Å². The topological polar surface area (TPSA) is 55.8 Å². The summed E-state index contributed by atoms with van der Waals surface area (Å²) < 4.78 is 11.8. The van der Waals surface area contributed by atoms with E-state index in [9.17, 15) is 9.90 Å². The lowest BCUT2D eigenvalue weighted by atomic mass is 9.59. The summed E-state index contributed by atoms with van der Waals surface area (Å²) in [5, 5.41) is 9.44. The number of hydrogen-bond donors (Lipinski definition) is 1. The average Bonchev–Trinajstić information content (AvgIpc) is 2.87. The van der Waals surface area contributed by atoms with E-state index < -0.39 is 11.8 Å². The molecule has 0 unspecified atom stereocenters. The van der Waals surface area contributed by atoms with E-state index in [4.69, 9.17) is 9.47 Å². The molecule has 4 heteroatoms. The van der Waals surface area contributed by atoms with Gasteiger partial charge in [-0.15, -0.1) is 0 Å². The van der Waals surface area contributed by atoms with Crippen molar-refractivity contribution < 1.29 is 19.4 Å². The van der Waals surface area contributed by atoms with Gasteiger partial charge in [0.2, 0.25) is 0 Å². The highest BCUT2D eigenvalue weighted by atomic mass is 16.7. The van der Waals surface area contributed by atoms with Crippen molar-refractivity contribution in [2.24, 2.45) is 5.92 Å². The summed E-state index contributed by atoms with van der Waals surface area (Å²) in [6.45, 7) is 1.23. The molecule has 2 bridgehead atoms. The molecule has 19 heavy (non-hydrogen) atoms. The monoisotopic (exact) mass is 260 g/mol. The van der Waals surface area contributed by atoms with E-state index >= 15 is 0 Å². The van der Waals surface area contributed by atoms with E-state index in [0.29, 0.717) is 26.1 Å². The lowest BCUT2D eigenvalue weighted by Gasteiger charge is -2.51. The van der Waals surface area contributed by atoms with Gasteiger partial charge in [0.25, 0.3) is 0 Å². The number of carboxylic acids is 1. The van der Waals surface area contributed by atoms with Crippen LogP contribution in [0.2, 0.25) is 0 Å². The number of carbonyl (C=O) groups is 1. The second-order valence-electron chi connectivity index (χ2n) is 5.68. The van der Waals surface area contributed by atoms with Crippen LogP contribution in [0.25, 0.3) is 0 Å². The Morgan fingerprint density at radius 1 is 1.21 bits per heavy atom. The van der Waals surface area contributed by atoms with Crippen LogP contribution in [0.1, 0.15) is 35.8 Å². The van der Waals surface area contributed by atoms with Gasteiger partial charge in [-0.05, 0) is 17.5 Å². The molecule has 3 aliphatic carbocycles. The molecule has 1 heterocycles. The van der Waals surface area contributed by atoms with Gasteiger partial charge in [-0.1, -0.05) is 24.3 Å². The van der Waals surface area contributed by atoms with Crippen LogP contribution in [0.3, 0.4) is 0 Å². The van der Waals surface area contributed by atoms with Crippen molar-refractivity contribution in [2.75, 3.05) is 13.2 Å². The number of carboxylic acid groups (broad SMARTS) is 1. The molecule has 5 rings (SSSR count). The van der Waals surface area contributed by atoms with E-state index in [2.05, 4.69) is 12.1 Å². The van der Waals surface area contributed by atoms with Gasteiger partial charge in [-0.25, -0.2) is 0 Å². The summed E-state index contributed by atoms with van der Waals surface area (Å²) in [6.07, 6.45) is 1.29. The molecule has 1 N–H and O–H groups in total. The first-order valence-corrected chi connectivity index (χ1v) is 6.81. The third-order valence-corrected chi connectivity index (χ3v) is 4.87. The van der Waals surface area contributed by atoms with Crippen LogP contribution in [0.15, 0.2) is 24.3 Å². The fourth-order valence-electron chi connectivity index (χ4n) is 4.11. The highest BCUT2D eigenvalue weighted by molar-refractivity contribution is 5.73. The third-order valence-electron chi connectivity index (χ3n) is 4.87. The standard InChI is InChI=1S/C15H16O4/c16-14(17)11-7-13-10-4-2-1-3-9(10)12(11)8-15(13)18-5-6-19-15/h1-4,11-13H,5-8H2,(H,16,17)/t11-,12-,13-/m0/s1. The zero-order valence-electron chi connectivity index (χ0n) is 10.5. The Morgan fingerprint density at radius 2 is 1.89 bits per heavy atom. The van der Waals surface area contributed by atoms with Crippen LogP contribution in [0, 0.1) is 5.92 Å². The first-order chi connectivity index (χ1) is 9.21. The van der Waals surface area contributed by atoms with E-state index in [1.54, 1.807) is 0 Å². The predicted molar refractivity (Wildman–Crippen MR) is 66.9 cm³/mol. The first kappa shape index (κ1) is 11.4. The summed E-state index contributed by atoms with van der Waals surface area (Å²) in [5.74, 6) is -1.50. The summed E-state index contributed by atoms with van der Waals surface area (Å²) in [6, 6.07) is 8.15. The number of hydrogen-bond acceptors (Lipinski definition) is 3. The molecular formula is C15H16O4. The molecule has 2 fully saturated rings. The molecule has 4 nitrogen and oxygen atoms in total. The average molecular weight is 260 g/mol. The second kappa shape index (κ2) is 3.81. The Morgan fingerprint density at radius 3 is 2.58 bits per heavy atom. The molecule has 4 aliphatic rings. The maximum atomic E-state index is 11.5. The maximum Gasteiger partial charge on any atom is 0.307 e. The zero-order chi connectivity index (χ0) is 13.0. The minimum atomic E-state index is -0.697. The van der Waals surface area contributed by atoms with E-state index in [1.165, 1.54) is 11.1 Å². The molecule has 1 aromatic carbocycles. The maximum absolute atomic E-state index is 11.5. The summed E-state index contributed by atoms with van der Waals surface area (Å²) in [7, 11) is 0. The normalized spacial score (nSPS) is 34.4. The lowest BCUT2D eigenvalue weighted by molar-refractivity contribution is -0.209. The zero-order valence-corrected chi connectivity index (χ0v) is 10.5. The van der Waals surface area contributed by atoms with Gasteiger partial charge >= 0.3 is 5.97 Å². The van der Waals surface area contributed by atoms with Crippen molar-refractivity contribution >= 4 is 5.97 Å². The van der Waals surface area contributed by atoms with Gasteiger partial charge in [0.1, 0.15) is 0 Å². The van der Waals surface area contributed by atoms with Crippen LogP contribution >= 0.6 is 0 Å². The molecule has 3 atom stereocenters. The number of aliphatic carboxylic acids is 1. The Labute approximate surface area is 111 Å². The molecule has 0 aromatic heterocycles. The molecule has 1 saturated heterocycles. The molecule has 1 aromatic rings. The van der Waals surface area contributed by atoms with Crippen molar-refractivity contribution in [2.45, 2.75) is 30.5 Å². The smallest absolute Gasteiger partial charge is 0.307 e. The van der Waals surface area contributed by atoms with Gasteiger partial charge < -0.3 is 14.6 Å². The third kappa shape index (κ3) is 1.44. The molecule has 100 valence electrons. The van der Waals surface area contributed by atoms with Crippen molar-refractivity contribution in [3.8, 4) is 0 Å². The van der Waals surface area contributed by atoms with E-state index in [-0.39, 0.29) is 17.8 Å². The van der Waals surface area contributed by atoms with E-state index in [0.717, 1.165) is 0 Å². The van der Waals surface area contributed by atoms with Gasteiger partial charge in [0.15, 0.2) is 5.79 Å². The quantitative estimate of drug-likeness (QED) is 0.840. The van der Waals surface area contributed by atoms with Crippen LogP contribution in [-0.2, 0) is 14.3 Å². The highest BCUT2D eigenvalue weighted by Crippen LogP contribution is 2.59. The number of benzene rings is 1. The van der Waals surface area contributed by atoms with Crippen molar-refractivity contribution in [3.63, 3.8) is 0 Å². The number of rotatable bonds is 1. The molecule has 1 aliphatic heterocycles. The first-order valence-electron chi connectivity index (χ1n) is 6.81. The van der Waals surface area contributed by atoms with Gasteiger partial charge in [0.05, 0.1) is 19.1 Å². The SMILES string of the molecule is O=C(O)[C@H]1C[C@H]2c3ccccc3[C@@H]1CC21OCCO1. The molecule has 0 amide bonds. The largest absolute Gasteiger partial charge is 0.481 e. The van der Waals surface area contributed by atoms with Crippen LogP contribution in [0.4, 0.5) is 0 Å². The molecular weight excluding hydrogens is 244 g/mol. The minimum absolute atomic E-state index is 0.0109. The summed E-state index contributed by atoms with van der Waals surface area (Å²) in [4.78, 5) is 11.5. The number of ether oxygens (including phenoxy) is 2. The minimum Gasteiger partial charge on any atom is -0.481 e. The Bertz CT molecular complexity index is 533. The van der Waals surface area contributed by atoms with Crippen molar-refractivity contribution in [3.05, 3.63) is 35.4 Å². The van der Waals surface area contributed by atoms with Crippen LogP contribution in [0.5, 0.6) is 0 Å². The summed E-state index contributed by atoms with van der Waals surface area (Å²) in [5.41, 5.74) is 2.40. The number of fused-ring (bicyclic) bond motifs is 1. The predicted octanol–water partition coefficient (Wildman–Crippen LogP) is 2.11. The highest BCUT2D eigenvalue weighted by Gasteiger charge is 2.58. The van der Waals surface area contributed by atoms with Crippen LogP contribution < -0.4 is 0 Å². The van der Waals surface area contributed by atoms with Gasteiger partial charge in [-0.2, -0.15) is 0 Å². The Balaban J connectivity index is 1.85. The lowest BCUT2D eigenvalue weighted by Crippen LogP contribution is -2.51. The van der Waals surface area contributed by atoms with Crippen LogP contribution in [-0.4, -0.2) is 30.1 Å². The Hall–Kier alpha value is -1.39. The van der Waals surface area contributed by atoms with E-state index in [1.807, 2.05) is 12.1 Å². The molecule has 1 saturated carbocycles. The van der Waals surface area contributed by atoms with Gasteiger partial charge in [0, 0.05) is 18.3 Å². The van der Waals surface area contributed by atoms with Crippen molar-refractivity contribution in [1.82, 2.24) is 0 Å². The molecule has 0 radical (unpaired) electrons. The Kier molecular flexibility index (Phi) is 2.29. The second-order valence-corrected chi connectivity index (χ2v) is 5.68. The summed E-state index contributed by atoms with van der Waals surface area (Å²) >= 11 is 0. The fraction of sp³-hybridized carbons (Fsp3) is 0.533. The fourth-order valence-corrected chi connectivity index (χ4v) is 4.11.